The number of carbonyl (C=O) groups is 2. The molecule has 2 heterocycles. The number of nitrogens with zero attached hydrogens (tertiary/aromatic N) is 3. The fourth-order valence-electron chi connectivity index (χ4n) is 4.98. The van der Waals surface area contributed by atoms with E-state index in [1.54, 1.807) is 0 Å². The minimum atomic E-state index is -0.338. The maximum atomic E-state index is 12.9. The maximum Gasteiger partial charge on any atom is 0.341 e. The predicted octanol–water partition coefficient (Wildman–Crippen LogP) is 5.66. The molecule has 2 aromatic heterocycles. The molecule has 1 N–H and O–H groups in total. The van der Waals surface area contributed by atoms with Crippen LogP contribution in [0.4, 0.5) is 5.00 Å². The highest BCUT2D eigenvalue weighted by Gasteiger charge is 2.28. The number of thioether (sulfide) groups is 1. The molecule has 0 unspecified atom stereocenters. The van der Waals surface area contributed by atoms with Crippen LogP contribution in [0.1, 0.15) is 92.3 Å². The molecular weight excluding hydrogens is 468 g/mol. The fraction of sp³-hybridized carbons (Fsp3) is 0.680. The van der Waals surface area contributed by atoms with Gasteiger partial charge in [0.25, 0.3) is 0 Å². The van der Waals surface area contributed by atoms with Gasteiger partial charge in [-0.1, -0.05) is 43.9 Å². The van der Waals surface area contributed by atoms with Crippen LogP contribution in [0.2, 0.25) is 0 Å². The van der Waals surface area contributed by atoms with Crippen LogP contribution in [0.25, 0.3) is 0 Å². The second-order valence-electron chi connectivity index (χ2n) is 9.56. The molecule has 1 amide bonds. The van der Waals surface area contributed by atoms with E-state index in [1.807, 2.05) is 13.8 Å². The van der Waals surface area contributed by atoms with Gasteiger partial charge >= 0.3 is 5.97 Å². The van der Waals surface area contributed by atoms with Crippen molar-refractivity contribution in [3.63, 3.8) is 0 Å². The van der Waals surface area contributed by atoms with Gasteiger partial charge in [-0.2, -0.15) is 0 Å². The van der Waals surface area contributed by atoms with Crippen molar-refractivity contribution in [3.05, 3.63) is 21.8 Å². The molecule has 0 atom stereocenters. The highest BCUT2D eigenvalue weighted by molar-refractivity contribution is 7.99. The Morgan fingerprint density at radius 2 is 1.91 bits per heavy atom. The Hall–Kier alpha value is -1.87. The number of ether oxygens (including phenoxy) is 1. The van der Waals surface area contributed by atoms with Crippen LogP contribution in [0.15, 0.2) is 5.16 Å². The number of thiophene rings is 1. The van der Waals surface area contributed by atoms with Gasteiger partial charge in [-0.15, -0.1) is 21.5 Å². The average Bonchev–Trinajstić information content (AvgIpc) is 3.38. The fourth-order valence-corrected chi connectivity index (χ4v) is 7.09. The van der Waals surface area contributed by atoms with Gasteiger partial charge in [0.05, 0.1) is 17.4 Å². The van der Waals surface area contributed by atoms with E-state index in [-0.39, 0.29) is 23.7 Å². The van der Waals surface area contributed by atoms with Crippen molar-refractivity contribution in [2.45, 2.75) is 103 Å². The Morgan fingerprint density at radius 3 is 2.65 bits per heavy atom. The van der Waals surface area contributed by atoms with E-state index < -0.39 is 0 Å². The number of nitrogens with one attached hydrogen (secondary N) is 1. The normalized spacial score (nSPS) is 16.5. The third kappa shape index (κ3) is 6.03. The van der Waals surface area contributed by atoms with Gasteiger partial charge < -0.3 is 14.6 Å². The van der Waals surface area contributed by atoms with Crippen LogP contribution in [-0.2, 0) is 35.3 Å². The van der Waals surface area contributed by atoms with Crippen molar-refractivity contribution >= 4 is 40.0 Å². The van der Waals surface area contributed by atoms with Crippen LogP contribution in [-0.4, -0.2) is 38.5 Å². The Balaban J connectivity index is 1.41. The van der Waals surface area contributed by atoms with Gasteiger partial charge in [0, 0.05) is 17.8 Å². The topological polar surface area (TPSA) is 86.1 Å². The van der Waals surface area contributed by atoms with Crippen LogP contribution in [0, 0.1) is 5.92 Å². The smallest absolute Gasteiger partial charge is 0.341 e. The first-order valence-electron chi connectivity index (χ1n) is 12.7. The summed E-state index contributed by atoms with van der Waals surface area (Å²) in [5.74, 6) is 1.47. The van der Waals surface area contributed by atoms with Gasteiger partial charge in [-0.3, -0.25) is 4.79 Å². The summed E-state index contributed by atoms with van der Waals surface area (Å²) in [6.45, 7) is 6.58. The lowest BCUT2D eigenvalue weighted by Gasteiger charge is -2.21. The number of rotatable bonds is 9. The Labute approximate surface area is 210 Å². The molecule has 186 valence electrons. The van der Waals surface area contributed by atoms with Gasteiger partial charge in [-0.25, -0.2) is 4.79 Å². The van der Waals surface area contributed by atoms with Crippen molar-refractivity contribution in [1.29, 1.82) is 0 Å². The minimum Gasteiger partial charge on any atom is -0.459 e. The third-order valence-corrected chi connectivity index (χ3v) is 8.78. The van der Waals surface area contributed by atoms with Crippen molar-refractivity contribution in [2.75, 3.05) is 11.1 Å². The lowest BCUT2D eigenvalue weighted by Crippen LogP contribution is -2.19. The van der Waals surface area contributed by atoms with Crippen molar-refractivity contribution in [3.8, 4) is 0 Å². The first kappa shape index (κ1) is 25.2. The molecule has 7 nitrogen and oxygen atoms in total. The number of esters is 1. The van der Waals surface area contributed by atoms with Gasteiger partial charge in [0.2, 0.25) is 5.91 Å². The number of fused-ring (bicyclic) bond motifs is 1. The summed E-state index contributed by atoms with van der Waals surface area (Å²) in [6.07, 6.45) is 11.3. The zero-order valence-corrected chi connectivity index (χ0v) is 22.2. The summed E-state index contributed by atoms with van der Waals surface area (Å²) in [7, 11) is 0. The zero-order valence-electron chi connectivity index (χ0n) is 20.5. The van der Waals surface area contributed by atoms with Crippen molar-refractivity contribution in [2.24, 2.45) is 5.92 Å². The van der Waals surface area contributed by atoms with Gasteiger partial charge in [-0.05, 0) is 57.9 Å². The molecule has 0 spiro atoms. The molecule has 2 aromatic rings. The number of aryl methyl sites for hydroxylation is 1. The standard InChI is InChI=1S/C25H36N4O3S2/c1-4-29-20(14-17-10-6-5-7-11-17)27-28-25(29)33-15-21(30)26-23-22(24(31)32-16(2)3)18-12-8-9-13-19(18)34-23/h16-17H,4-15H2,1-3H3,(H,26,30). The van der Waals surface area contributed by atoms with Gasteiger partial charge in [0.15, 0.2) is 5.16 Å². The molecule has 34 heavy (non-hydrogen) atoms. The molecule has 0 bridgehead atoms. The molecule has 2 aliphatic rings. The highest BCUT2D eigenvalue weighted by atomic mass is 32.2. The summed E-state index contributed by atoms with van der Waals surface area (Å²) in [4.78, 5) is 26.9. The quantitative estimate of drug-likeness (QED) is 0.350. The molecule has 0 aliphatic heterocycles. The molecule has 1 saturated carbocycles. The molecule has 1 fully saturated rings. The summed E-state index contributed by atoms with van der Waals surface area (Å²) in [6, 6.07) is 0. The maximum absolute atomic E-state index is 12.9. The van der Waals surface area contributed by atoms with Crippen molar-refractivity contribution in [1.82, 2.24) is 14.8 Å². The number of aromatic nitrogens is 3. The van der Waals surface area contributed by atoms with Gasteiger partial charge in [0.1, 0.15) is 10.8 Å². The van der Waals surface area contributed by atoms with E-state index in [1.165, 1.54) is 60.1 Å². The Morgan fingerprint density at radius 1 is 1.15 bits per heavy atom. The van der Waals surface area contributed by atoms with Crippen LogP contribution < -0.4 is 5.32 Å². The largest absolute Gasteiger partial charge is 0.459 e. The second kappa shape index (κ2) is 11.7. The van der Waals surface area contributed by atoms with E-state index >= 15 is 0 Å². The summed E-state index contributed by atoms with van der Waals surface area (Å²) in [5, 5.41) is 13.3. The summed E-state index contributed by atoms with van der Waals surface area (Å²) < 4.78 is 7.64. The minimum absolute atomic E-state index is 0.137. The van der Waals surface area contributed by atoms with E-state index in [9.17, 15) is 9.59 Å². The predicted molar refractivity (Wildman–Crippen MR) is 137 cm³/mol. The van der Waals surface area contributed by atoms with Crippen LogP contribution >= 0.6 is 23.1 Å². The molecule has 2 aliphatic carbocycles. The highest BCUT2D eigenvalue weighted by Crippen LogP contribution is 2.39. The number of anilines is 1. The summed E-state index contributed by atoms with van der Waals surface area (Å²) in [5.41, 5.74) is 1.61. The zero-order chi connectivity index (χ0) is 24.1. The average molecular weight is 505 g/mol. The van der Waals surface area contributed by atoms with Crippen LogP contribution in [0.3, 0.4) is 0 Å². The van der Waals surface area contributed by atoms with E-state index in [0.29, 0.717) is 16.5 Å². The molecule has 0 saturated heterocycles. The second-order valence-corrected chi connectivity index (χ2v) is 11.6. The molecular formula is C25H36N4O3S2. The molecule has 4 rings (SSSR count). The number of carbonyl (C=O) groups excluding carboxylic acids is 2. The lowest BCUT2D eigenvalue weighted by molar-refractivity contribution is -0.113. The first-order valence-corrected chi connectivity index (χ1v) is 14.5. The van der Waals surface area contributed by atoms with Crippen molar-refractivity contribution < 1.29 is 14.3 Å². The number of amides is 1. The number of hydrogen-bond donors (Lipinski definition) is 1. The Bertz CT molecular complexity index is 1010. The SMILES string of the molecule is CCn1c(CC2CCCCC2)nnc1SCC(=O)Nc1sc2c(c1C(=O)OC(C)C)CCCC2. The van der Waals surface area contributed by atoms with Crippen LogP contribution in [0.5, 0.6) is 0 Å². The monoisotopic (exact) mass is 504 g/mol. The first-order chi connectivity index (χ1) is 16.5. The third-order valence-electron chi connectivity index (χ3n) is 6.61. The van der Waals surface area contributed by atoms with E-state index in [0.717, 1.165) is 55.2 Å². The lowest BCUT2D eigenvalue weighted by atomic mass is 9.87. The molecule has 0 aromatic carbocycles. The van der Waals surface area contributed by atoms with E-state index in [2.05, 4.69) is 27.0 Å². The van der Waals surface area contributed by atoms with E-state index in [4.69, 9.17) is 4.74 Å². The molecule has 0 radical (unpaired) electrons. The molecule has 9 heteroatoms. The summed E-state index contributed by atoms with van der Waals surface area (Å²) >= 11 is 2.93. The number of hydrogen-bond acceptors (Lipinski definition) is 7. The Kier molecular flexibility index (Phi) is 8.69.